The van der Waals surface area contributed by atoms with E-state index in [4.69, 9.17) is 4.74 Å². The van der Waals surface area contributed by atoms with Gasteiger partial charge in [0.05, 0.1) is 22.4 Å². The molecule has 0 saturated carbocycles. The normalized spacial score (nSPS) is 13.7. The number of hydrogen-bond acceptors (Lipinski definition) is 5. The second-order valence-electron chi connectivity index (χ2n) is 7.82. The minimum Gasteiger partial charge on any atom is -0.451 e. The Morgan fingerprint density at radius 1 is 0.781 bits per heavy atom. The van der Waals surface area contributed by atoms with E-state index >= 15 is 0 Å². The molecule has 6 heteroatoms. The van der Waals surface area contributed by atoms with Gasteiger partial charge in [0.15, 0.2) is 6.10 Å². The standard InChI is InChI=1S/C26H21NO5/c1-15-7-9-18(10-8-15)23(28)17(3)32-26(31)19-11-12-21-22(14-19)25(30)27(24(21)29)20-6-4-5-16(2)13-20/h4-14,17H,1-3H3. The minimum absolute atomic E-state index is 0.0968. The van der Waals surface area contributed by atoms with Gasteiger partial charge in [0.25, 0.3) is 11.8 Å². The van der Waals surface area contributed by atoms with Crippen molar-refractivity contribution in [1.82, 2.24) is 0 Å². The number of ketones is 1. The summed E-state index contributed by atoms with van der Waals surface area (Å²) in [6.07, 6.45) is -1.00. The molecule has 3 aromatic rings. The van der Waals surface area contributed by atoms with Crippen LogP contribution >= 0.6 is 0 Å². The number of esters is 1. The monoisotopic (exact) mass is 427 g/mol. The van der Waals surface area contributed by atoms with Gasteiger partial charge in [0.1, 0.15) is 0 Å². The molecule has 0 N–H and O–H groups in total. The van der Waals surface area contributed by atoms with Crippen molar-refractivity contribution < 1.29 is 23.9 Å². The number of fused-ring (bicyclic) bond motifs is 1. The van der Waals surface area contributed by atoms with Crippen molar-refractivity contribution in [3.05, 3.63) is 100 Å². The molecule has 1 aliphatic heterocycles. The molecule has 160 valence electrons. The Morgan fingerprint density at radius 3 is 2.12 bits per heavy atom. The first-order valence-electron chi connectivity index (χ1n) is 10.2. The number of Topliss-reactive ketones (excluding diaryl/α,β-unsaturated/α-hetero) is 1. The van der Waals surface area contributed by atoms with Crippen molar-refractivity contribution in [1.29, 1.82) is 0 Å². The fraction of sp³-hybridized carbons (Fsp3) is 0.154. The number of carbonyl (C=O) groups excluding carboxylic acids is 4. The van der Waals surface area contributed by atoms with Gasteiger partial charge in [-0.25, -0.2) is 9.69 Å². The van der Waals surface area contributed by atoms with Crippen LogP contribution in [0, 0.1) is 13.8 Å². The van der Waals surface area contributed by atoms with Crippen LogP contribution in [0.3, 0.4) is 0 Å². The zero-order valence-electron chi connectivity index (χ0n) is 17.9. The number of benzene rings is 3. The summed E-state index contributed by atoms with van der Waals surface area (Å²) in [4.78, 5) is 52.0. The molecule has 1 atom stereocenters. The maximum absolute atomic E-state index is 12.9. The van der Waals surface area contributed by atoms with Crippen molar-refractivity contribution in [3.63, 3.8) is 0 Å². The number of ether oxygens (including phenoxy) is 1. The van der Waals surface area contributed by atoms with E-state index in [2.05, 4.69) is 0 Å². The summed E-state index contributed by atoms with van der Waals surface area (Å²) >= 11 is 0. The fourth-order valence-electron chi connectivity index (χ4n) is 3.60. The molecule has 0 fully saturated rings. The van der Waals surface area contributed by atoms with E-state index in [9.17, 15) is 19.2 Å². The number of nitrogens with zero attached hydrogens (tertiary/aromatic N) is 1. The van der Waals surface area contributed by atoms with E-state index in [1.54, 1.807) is 30.3 Å². The van der Waals surface area contributed by atoms with Crippen LogP contribution in [0.1, 0.15) is 59.5 Å². The van der Waals surface area contributed by atoms with Gasteiger partial charge in [-0.2, -0.15) is 0 Å². The van der Waals surface area contributed by atoms with Gasteiger partial charge < -0.3 is 4.74 Å². The third-order valence-corrected chi connectivity index (χ3v) is 5.37. The first-order chi connectivity index (χ1) is 15.3. The predicted molar refractivity (Wildman–Crippen MR) is 119 cm³/mol. The summed E-state index contributed by atoms with van der Waals surface area (Å²) < 4.78 is 5.33. The molecule has 3 aromatic carbocycles. The van der Waals surface area contributed by atoms with E-state index in [0.717, 1.165) is 16.0 Å². The van der Waals surface area contributed by atoms with Gasteiger partial charge in [-0.15, -0.1) is 0 Å². The van der Waals surface area contributed by atoms with Gasteiger partial charge in [0, 0.05) is 5.56 Å². The lowest BCUT2D eigenvalue weighted by Gasteiger charge is -2.14. The van der Waals surface area contributed by atoms with Crippen LogP contribution in [-0.4, -0.2) is 29.7 Å². The highest BCUT2D eigenvalue weighted by Gasteiger charge is 2.37. The maximum atomic E-state index is 12.9. The van der Waals surface area contributed by atoms with Gasteiger partial charge in [-0.05, 0) is 56.7 Å². The second-order valence-corrected chi connectivity index (χ2v) is 7.82. The highest BCUT2D eigenvalue weighted by Crippen LogP contribution is 2.29. The molecule has 0 saturated heterocycles. The summed E-state index contributed by atoms with van der Waals surface area (Å²) in [5.41, 5.74) is 3.29. The molecule has 0 spiro atoms. The van der Waals surface area contributed by atoms with Crippen LogP contribution in [0.5, 0.6) is 0 Å². The molecule has 2 amide bonds. The molecule has 1 unspecified atom stereocenters. The van der Waals surface area contributed by atoms with Crippen molar-refractivity contribution in [2.24, 2.45) is 0 Å². The zero-order valence-corrected chi connectivity index (χ0v) is 17.9. The van der Waals surface area contributed by atoms with Crippen LogP contribution in [0.4, 0.5) is 5.69 Å². The number of anilines is 1. The summed E-state index contributed by atoms with van der Waals surface area (Å²) in [5, 5.41) is 0. The van der Waals surface area contributed by atoms with E-state index in [1.807, 2.05) is 32.0 Å². The molecular formula is C26H21NO5. The van der Waals surface area contributed by atoms with Crippen LogP contribution in [0.15, 0.2) is 66.7 Å². The lowest BCUT2D eigenvalue weighted by Crippen LogP contribution is -2.29. The summed E-state index contributed by atoms with van der Waals surface area (Å²) in [6.45, 7) is 5.29. The van der Waals surface area contributed by atoms with Crippen molar-refractivity contribution >= 4 is 29.3 Å². The minimum atomic E-state index is -1.00. The lowest BCUT2D eigenvalue weighted by molar-refractivity contribution is 0.0318. The molecule has 0 aliphatic carbocycles. The Hall–Kier alpha value is -4.06. The third kappa shape index (κ3) is 3.83. The van der Waals surface area contributed by atoms with Crippen LogP contribution in [0.2, 0.25) is 0 Å². The summed E-state index contributed by atoms with van der Waals surface area (Å²) in [7, 11) is 0. The largest absolute Gasteiger partial charge is 0.451 e. The van der Waals surface area contributed by atoms with Gasteiger partial charge in [0.2, 0.25) is 5.78 Å². The van der Waals surface area contributed by atoms with Crippen LogP contribution in [-0.2, 0) is 4.74 Å². The Morgan fingerprint density at radius 2 is 1.44 bits per heavy atom. The molecule has 4 rings (SSSR count). The number of aryl methyl sites for hydroxylation is 2. The molecule has 32 heavy (non-hydrogen) atoms. The average Bonchev–Trinajstić information content (AvgIpc) is 3.03. The Labute approximate surface area is 185 Å². The average molecular weight is 427 g/mol. The number of hydrogen-bond donors (Lipinski definition) is 0. The predicted octanol–water partition coefficient (Wildman–Crippen LogP) is 4.53. The van der Waals surface area contributed by atoms with Crippen LogP contribution in [0.25, 0.3) is 0 Å². The molecule has 6 nitrogen and oxygen atoms in total. The van der Waals surface area contributed by atoms with Crippen molar-refractivity contribution in [3.8, 4) is 0 Å². The Balaban J connectivity index is 1.54. The number of amides is 2. The first kappa shape index (κ1) is 21.2. The van der Waals surface area contributed by atoms with Gasteiger partial charge >= 0.3 is 5.97 Å². The number of imide groups is 1. The Kier molecular flexibility index (Phi) is 5.45. The third-order valence-electron chi connectivity index (χ3n) is 5.37. The quantitative estimate of drug-likeness (QED) is 0.339. The van der Waals surface area contributed by atoms with Crippen LogP contribution < -0.4 is 4.90 Å². The highest BCUT2D eigenvalue weighted by molar-refractivity contribution is 6.34. The van der Waals surface area contributed by atoms with Gasteiger partial charge in [-0.3, -0.25) is 14.4 Å². The number of carbonyl (C=O) groups is 4. The zero-order chi connectivity index (χ0) is 23.0. The summed E-state index contributed by atoms with van der Waals surface area (Å²) in [5.74, 6) is -2.01. The van der Waals surface area contributed by atoms with Crippen molar-refractivity contribution in [2.45, 2.75) is 26.9 Å². The van der Waals surface area contributed by atoms with Gasteiger partial charge in [-0.1, -0.05) is 42.0 Å². The van der Waals surface area contributed by atoms with E-state index in [1.165, 1.54) is 25.1 Å². The van der Waals surface area contributed by atoms with E-state index in [-0.39, 0.29) is 22.5 Å². The van der Waals surface area contributed by atoms with Crippen molar-refractivity contribution in [2.75, 3.05) is 4.90 Å². The SMILES string of the molecule is Cc1ccc(C(=O)C(C)OC(=O)c2ccc3c(c2)C(=O)N(c2cccc(C)c2)C3=O)cc1. The van der Waals surface area contributed by atoms with E-state index < -0.39 is 23.9 Å². The molecular weight excluding hydrogens is 406 g/mol. The maximum Gasteiger partial charge on any atom is 0.338 e. The summed E-state index contributed by atoms with van der Waals surface area (Å²) in [6, 6.07) is 18.3. The Bertz CT molecular complexity index is 1260. The highest BCUT2D eigenvalue weighted by atomic mass is 16.5. The molecule has 1 aliphatic rings. The molecule has 0 bridgehead atoms. The lowest BCUT2D eigenvalue weighted by atomic mass is 10.0. The second kappa shape index (κ2) is 8.23. The topological polar surface area (TPSA) is 80.8 Å². The first-order valence-corrected chi connectivity index (χ1v) is 10.2. The fourth-order valence-corrected chi connectivity index (χ4v) is 3.60. The number of rotatable bonds is 5. The van der Waals surface area contributed by atoms with E-state index in [0.29, 0.717) is 11.3 Å². The molecule has 1 heterocycles. The molecule has 0 radical (unpaired) electrons. The smallest absolute Gasteiger partial charge is 0.338 e. The molecule has 0 aromatic heterocycles.